The second-order valence-electron chi connectivity index (χ2n) is 4.62. The summed E-state index contributed by atoms with van der Waals surface area (Å²) in [6.45, 7) is 3.92. The Labute approximate surface area is 125 Å². The normalized spacial score (nSPS) is 10.4. The van der Waals surface area contributed by atoms with Crippen molar-refractivity contribution in [1.29, 1.82) is 0 Å². The van der Waals surface area contributed by atoms with Crippen LogP contribution in [-0.2, 0) is 0 Å². The number of benzene rings is 2. The van der Waals surface area contributed by atoms with Gasteiger partial charge in [0.1, 0.15) is 0 Å². The quantitative estimate of drug-likeness (QED) is 0.680. The van der Waals surface area contributed by atoms with Gasteiger partial charge in [0.25, 0.3) is 5.69 Å². The van der Waals surface area contributed by atoms with Crippen molar-refractivity contribution >= 4 is 23.4 Å². The zero-order valence-electron chi connectivity index (χ0n) is 11.5. The van der Waals surface area contributed by atoms with E-state index in [0.717, 1.165) is 22.1 Å². The Kier molecular flexibility index (Phi) is 4.28. The van der Waals surface area contributed by atoms with Crippen LogP contribution in [-0.4, -0.2) is 16.0 Å². The van der Waals surface area contributed by atoms with Crippen molar-refractivity contribution in [2.24, 2.45) is 0 Å². The number of hydrogen-bond donors (Lipinski definition) is 1. The van der Waals surface area contributed by atoms with Gasteiger partial charge < -0.3 is 5.11 Å². The first-order valence-electron chi connectivity index (χ1n) is 6.15. The van der Waals surface area contributed by atoms with Crippen LogP contribution in [0.25, 0.3) is 0 Å². The minimum atomic E-state index is -1.18. The first kappa shape index (κ1) is 15.1. The molecule has 0 aliphatic rings. The minimum Gasteiger partial charge on any atom is -0.478 e. The van der Waals surface area contributed by atoms with Gasteiger partial charge in [-0.05, 0) is 37.6 Å². The highest BCUT2D eigenvalue weighted by Crippen LogP contribution is 2.37. The Morgan fingerprint density at radius 3 is 2.38 bits per heavy atom. The SMILES string of the molecule is Cc1ccc(Sc2ccc(C(=O)O)cc2[N+](=O)[O-])c(C)c1. The number of aryl methyl sites for hydroxylation is 2. The van der Waals surface area contributed by atoms with Crippen LogP contribution in [0.1, 0.15) is 21.5 Å². The van der Waals surface area contributed by atoms with E-state index < -0.39 is 10.9 Å². The number of nitro groups is 1. The molecule has 0 saturated carbocycles. The Hall–Kier alpha value is -2.34. The monoisotopic (exact) mass is 303 g/mol. The van der Waals surface area contributed by atoms with E-state index in [-0.39, 0.29) is 11.3 Å². The summed E-state index contributed by atoms with van der Waals surface area (Å²) in [6.07, 6.45) is 0. The molecule has 0 amide bonds. The molecule has 0 heterocycles. The molecule has 2 aromatic rings. The summed E-state index contributed by atoms with van der Waals surface area (Å²) in [5, 5.41) is 20.0. The van der Waals surface area contributed by atoms with Gasteiger partial charge in [-0.25, -0.2) is 4.79 Å². The number of rotatable bonds is 4. The van der Waals surface area contributed by atoms with E-state index in [0.29, 0.717) is 4.90 Å². The van der Waals surface area contributed by atoms with E-state index in [1.165, 1.54) is 23.9 Å². The van der Waals surface area contributed by atoms with Gasteiger partial charge in [-0.1, -0.05) is 29.5 Å². The molecule has 0 radical (unpaired) electrons. The van der Waals surface area contributed by atoms with Crippen LogP contribution < -0.4 is 0 Å². The van der Waals surface area contributed by atoms with Gasteiger partial charge in [0.2, 0.25) is 0 Å². The van der Waals surface area contributed by atoms with Crippen LogP contribution in [0.15, 0.2) is 46.2 Å². The highest BCUT2D eigenvalue weighted by atomic mass is 32.2. The fraction of sp³-hybridized carbons (Fsp3) is 0.133. The third-order valence-electron chi connectivity index (χ3n) is 2.95. The molecule has 2 aromatic carbocycles. The number of aromatic carboxylic acids is 1. The first-order valence-corrected chi connectivity index (χ1v) is 6.97. The Morgan fingerprint density at radius 2 is 1.81 bits per heavy atom. The minimum absolute atomic E-state index is 0.0910. The smallest absolute Gasteiger partial charge is 0.335 e. The van der Waals surface area contributed by atoms with Crippen molar-refractivity contribution in [2.45, 2.75) is 23.6 Å². The van der Waals surface area contributed by atoms with E-state index >= 15 is 0 Å². The van der Waals surface area contributed by atoms with Crippen LogP contribution in [0.5, 0.6) is 0 Å². The molecule has 0 unspecified atom stereocenters. The summed E-state index contributed by atoms with van der Waals surface area (Å²) in [5.41, 5.74) is 1.86. The molecule has 0 atom stereocenters. The fourth-order valence-electron chi connectivity index (χ4n) is 1.91. The van der Waals surface area contributed by atoms with E-state index in [1.807, 2.05) is 32.0 Å². The average Bonchev–Trinajstić information content (AvgIpc) is 2.41. The summed E-state index contributed by atoms with van der Waals surface area (Å²) >= 11 is 1.26. The highest BCUT2D eigenvalue weighted by molar-refractivity contribution is 7.99. The molecule has 0 bridgehead atoms. The molecular formula is C15H13NO4S. The molecule has 0 fully saturated rings. The predicted octanol–water partition coefficient (Wildman–Crippen LogP) is 4.06. The van der Waals surface area contributed by atoms with Gasteiger partial charge in [0.05, 0.1) is 15.4 Å². The number of nitro benzene ring substituents is 1. The van der Waals surface area contributed by atoms with Crippen LogP contribution >= 0.6 is 11.8 Å². The molecule has 21 heavy (non-hydrogen) atoms. The maximum Gasteiger partial charge on any atom is 0.335 e. The van der Waals surface area contributed by atoms with Crippen molar-refractivity contribution in [3.63, 3.8) is 0 Å². The Balaban J connectivity index is 2.44. The second-order valence-corrected chi connectivity index (χ2v) is 5.70. The zero-order chi connectivity index (χ0) is 15.6. The molecule has 6 heteroatoms. The third-order valence-corrected chi connectivity index (χ3v) is 4.20. The lowest BCUT2D eigenvalue weighted by molar-refractivity contribution is -0.387. The summed E-state index contributed by atoms with van der Waals surface area (Å²) < 4.78 is 0. The van der Waals surface area contributed by atoms with E-state index in [2.05, 4.69) is 0 Å². The summed E-state index contributed by atoms with van der Waals surface area (Å²) in [5.74, 6) is -1.18. The molecule has 0 aliphatic heterocycles. The molecule has 5 nitrogen and oxygen atoms in total. The lowest BCUT2D eigenvalue weighted by atomic mass is 10.2. The van der Waals surface area contributed by atoms with Gasteiger partial charge in [-0.3, -0.25) is 10.1 Å². The lowest BCUT2D eigenvalue weighted by Crippen LogP contribution is -1.99. The van der Waals surface area contributed by atoms with E-state index in [9.17, 15) is 14.9 Å². The molecule has 0 saturated heterocycles. The lowest BCUT2D eigenvalue weighted by Gasteiger charge is -2.07. The van der Waals surface area contributed by atoms with Crippen molar-refractivity contribution < 1.29 is 14.8 Å². The second kappa shape index (κ2) is 5.97. The average molecular weight is 303 g/mol. The summed E-state index contributed by atoms with van der Waals surface area (Å²) in [7, 11) is 0. The molecule has 0 aliphatic carbocycles. The standard InChI is InChI=1S/C15H13NO4S/c1-9-3-5-13(10(2)7-9)21-14-6-4-11(15(17)18)8-12(14)16(19)20/h3-8H,1-2H3,(H,17,18). The van der Waals surface area contributed by atoms with Crippen LogP contribution in [0.2, 0.25) is 0 Å². The van der Waals surface area contributed by atoms with Crippen molar-refractivity contribution in [3.05, 3.63) is 63.2 Å². The molecule has 108 valence electrons. The van der Waals surface area contributed by atoms with Crippen LogP contribution in [0.4, 0.5) is 5.69 Å². The molecule has 2 rings (SSSR count). The summed E-state index contributed by atoms with van der Waals surface area (Å²) in [4.78, 5) is 22.8. The fourth-order valence-corrected chi connectivity index (χ4v) is 2.88. The molecule has 0 aromatic heterocycles. The Bertz CT molecular complexity index is 728. The van der Waals surface area contributed by atoms with Gasteiger partial charge in [0.15, 0.2) is 0 Å². The van der Waals surface area contributed by atoms with Crippen molar-refractivity contribution in [3.8, 4) is 0 Å². The van der Waals surface area contributed by atoms with Crippen LogP contribution in [0, 0.1) is 24.0 Å². The van der Waals surface area contributed by atoms with Crippen LogP contribution in [0.3, 0.4) is 0 Å². The van der Waals surface area contributed by atoms with Crippen molar-refractivity contribution in [1.82, 2.24) is 0 Å². The maximum absolute atomic E-state index is 11.1. The third kappa shape index (κ3) is 3.41. The Morgan fingerprint density at radius 1 is 1.14 bits per heavy atom. The molecular weight excluding hydrogens is 290 g/mol. The van der Waals surface area contributed by atoms with Gasteiger partial charge in [0, 0.05) is 11.0 Å². The largest absolute Gasteiger partial charge is 0.478 e. The number of carboxylic acids is 1. The maximum atomic E-state index is 11.1. The van der Waals surface area contributed by atoms with Gasteiger partial charge >= 0.3 is 5.97 Å². The number of carboxylic acid groups (broad SMARTS) is 1. The predicted molar refractivity (Wildman–Crippen MR) is 80.1 cm³/mol. The van der Waals surface area contributed by atoms with E-state index in [4.69, 9.17) is 5.11 Å². The molecule has 0 spiro atoms. The first-order chi connectivity index (χ1) is 9.88. The van der Waals surface area contributed by atoms with Gasteiger partial charge in [-0.15, -0.1) is 0 Å². The van der Waals surface area contributed by atoms with Crippen molar-refractivity contribution in [2.75, 3.05) is 0 Å². The number of nitrogens with zero attached hydrogens (tertiary/aromatic N) is 1. The zero-order valence-corrected chi connectivity index (χ0v) is 12.3. The summed E-state index contributed by atoms with van der Waals surface area (Å²) in [6, 6.07) is 9.79. The topological polar surface area (TPSA) is 80.4 Å². The molecule has 1 N–H and O–H groups in total. The van der Waals surface area contributed by atoms with Gasteiger partial charge in [-0.2, -0.15) is 0 Å². The van der Waals surface area contributed by atoms with E-state index in [1.54, 1.807) is 0 Å². The number of carbonyl (C=O) groups is 1. The number of hydrogen-bond acceptors (Lipinski definition) is 4. The highest BCUT2D eigenvalue weighted by Gasteiger charge is 2.18.